The number of ether oxygens (including phenoxy) is 4. The molecule has 0 aliphatic carbocycles. The van der Waals surface area contributed by atoms with Gasteiger partial charge < -0.3 is 23.5 Å². The van der Waals surface area contributed by atoms with Crippen molar-refractivity contribution in [1.82, 2.24) is 8.87 Å². The first-order valence-electron chi connectivity index (χ1n) is 11.2. The number of sulfonamides is 1. The molecule has 0 bridgehead atoms. The molecule has 1 aromatic heterocycles. The van der Waals surface area contributed by atoms with E-state index in [1.54, 1.807) is 20.3 Å². The molecule has 3 aromatic rings. The molecule has 36 heavy (non-hydrogen) atoms. The normalized spacial score (nSPS) is 12.4. The van der Waals surface area contributed by atoms with Crippen LogP contribution in [-0.2, 0) is 26.0 Å². The second-order valence-corrected chi connectivity index (χ2v) is 10.6. The molecule has 10 nitrogen and oxygen atoms in total. The number of nitrogens with zero attached hydrogens (tertiary/aromatic N) is 3. The van der Waals surface area contributed by atoms with Gasteiger partial charge in [0.05, 0.1) is 37.0 Å². The van der Waals surface area contributed by atoms with Crippen LogP contribution < -0.4 is 14.3 Å². The monoisotopic (exact) mass is 537 g/mol. The molecule has 0 atom stereocenters. The summed E-state index contributed by atoms with van der Waals surface area (Å²) in [7, 11) is 2.39. The fraction of sp³-hybridized carbons (Fsp3) is 0.417. The van der Waals surface area contributed by atoms with E-state index in [9.17, 15) is 13.2 Å². The van der Waals surface area contributed by atoms with E-state index in [0.717, 1.165) is 10.2 Å². The highest BCUT2D eigenvalue weighted by molar-refractivity contribution is 7.89. The number of rotatable bonds is 12. The second kappa shape index (κ2) is 12.5. The van der Waals surface area contributed by atoms with Crippen LogP contribution in [0.2, 0.25) is 0 Å². The zero-order valence-corrected chi connectivity index (χ0v) is 22.6. The Bertz CT molecular complexity index is 1350. The number of hydrogen-bond acceptors (Lipinski definition) is 8. The van der Waals surface area contributed by atoms with Gasteiger partial charge in [-0.3, -0.25) is 4.79 Å². The summed E-state index contributed by atoms with van der Waals surface area (Å²) in [5.41, 5.74) is 1.10. The number of fused-ring (bicyclic) bond motifs is 1. The van der Waals surface area contributed by atoms with Crippen LogP contribution in [-0.4, -0.2) is 77.9 Å². The Morgan fingerprint density at radius 1 is 1.00 bits per heavy atom. The molecule has 196 valence electrons. The summed E-state index contributed by atoms with van der Waals surface area (Å²) < 4.78 is 51.2. The van der Waals surface area contributed by atoms with Crippen molar-refractivity contribution < 1.29 is 32.2 Å². The summed E-state index contributed by atoms with van der Waals surface area (Å²) in [6, 6.07) is 9.42. The number of benzene rings is 2. The third-order valence-electron chi connectivity index (χ3n) is 5.51. The van der Waals surface area contributed by atoms with Crippen molar-refractivity contribution >= 4 is 37.5 Å². The lowest BCUT2D eigenvalue weighted by Crippen LogP contribution is -2.36. The number of carbonyl (C=O) groups is 1. The lowest BCUT2D eigenvalue weighted by atomic mass is 10.2. The lowest BCUT2D eigenvalue weighted by molar-refractivity contribution is 0.0997. The first-order valence-corrected chi connectivity index (χ1v) is 13.5. The Labute approximate surface area is 214 Å². The maximum absolute atomic E-state index is 13.1. The Balaban J connectivity index is 1.95. The second-order valence-electron chi connectivity index (χ2n) is 7.64. The van der Waals surface area contributed by atoms with Gasteiger partial charge in [0.2, 0.25) is 10.0 Å². The van der Waals surface area contributed by atoms with Gasteiger partial charge in [-0.15, -0.1) is 0 Å². The fourth-order valence-corrected chi connectivity index (χ4v) is 6.16. The highest BCUT2D eigenvalue weighted by Crippen LogP contribution is 2.32. The number of thiazole rings is 1. The molecule has 0 saturated carbocycles. The molecule has 12 heteroatoms. The van der Waals surface area contributed by atoms with Crippen LogP contribution in [0.25, 0.3) is 10.2 Å². The van der Waals surface area contributed by atoms with Crippen molar-refractivity contribution in [1.29, 1.82) is 0 Å². The van der Waals surface area contributed by atoms with Gasteiger partial charge in [-0.05, 0) is 37.3 Å². The van der Waals surface area contributed by atoms with Crippen LogP contribution in [0, 0.1) is 0 Å². The Kier molecular flexibility index (Phi) is 9.63. The van der Waals surface area contributed by atoms with Gasteiger partial charge in [0.15, 0.2) is 4.80 Å². The number of methoxy groups -OCH3 is 4. The van der Waals surface area contributed by atoms with Crippen molar-refractivity contribution in [2.45, 2.75) is 18.4 Å². The molecule has 1 amide bonds. The van der Waals surface area contributed by atoms with E-state index in [2.05, 4.69) is 4.99 Å². The molecule has 0 fully saturated rings. The number of hydrogen-bond donors (Lipinski definition) is 0. The van der Waals surface area contributed by atoms with E-state index < -0.39 is 15.9 Å². The van der Waals surface area contributed by atoms with Gasteiger partial charge in [-0.1, -0.05) is 11.3 Å². The van der Waals surface area contributed by atoms with E-state index in [1.807, 2.05) is 17.6 Å². The maximum atomic E-state index is 13.1. The van der Waals surface area contributed by atoms with Crippen molar-refractivity contribution in [2.75, 3.05) is 54.7 Å². The average Bonchev–Trinajstić information content (AvgIpc) is 3.24. The Morgan fingerprint density at radius 2 is 1.64 bits per heavy atom. The van der Waals surface area contributed by atoms with Crippen LogP contribution in [0.4, 0.5) is 0 Å². The third kappa shape index (κ3) is 5.95. The van der Waals surface area contributed by atoms with E-state index >= 15 is 0 Å². The highest BCUT2D eigenvalue weighted by Gasteiger charge is 2.24. The van der Waals surface area contributed by atoms with Crippen LogP contribution in [0.5, 0.6) is 11.5 Å². The third-order valence-corrected chi connectivity index (χ3v) is 8.45. The van der Waals surface area contributed by atoms with Gasteiger partial charge in [-0.2, -0.15) is 9.30 Å². The standard InChI is InChI=1S/C24H31N3O7S2/c1-6-27-22-20(34-5)15-18(33-4)16-21(22)35-24(27)25-23(28)17-7-9-19(10-8-17)36(29,30)26(11-13-31-2)12-14-32-3/h7-10,15-16H,6,11-14H2,1-5H3. The molecule has 0 spiro atoms. The van der Waals surface area contributed by atoms with Gasteiger partial charge in [0, 0.05) is 45.5 Å². The van der Waals surface area contributed by atoms with Gasteiger partial charge in [0.25, 0.3) is 5.91 Å². The molecule has 0 aliphatic heterocycles. The van der Waals surface area contributed by atoms with E-state index in [-0.39, 0.29) is 36.8 Å². The summed E-state index contributed by atoms with van der Waals surface area (Å²) in [6.45, 7) is 3.41. The summed E-state index contributed by atoms with van der Waals surface area (Å²) in [5.74, 6) is 0.787. The quantitative estimate of drug-likeness (QED) is 0.350. The molecule has 0 unspecified atom stereocenters. The maximum Gasteiger partial charge on any atom is 0.279 e. The minimum absolute atomic E-state index is 0.0774. The smallest absolute Gasteiger partial charge is 0.279 e. The zero-order chi connectivity index (χ0) is 26.3. The number of aryl methyl sites for hydroxylation is 1. The highest BCUT2D eigenvalue weighted by atomic mass is 32.2. The number of carbonyl (C=O) groups excluding carboxylic acids is 1. The SMILES string of the molecule is CCn1c(=NC(=O)c2ccc(S(=O)(=O)N(CCOC)CCOC)cc2)sc2cc(OC)cc(OC)c21. The molecule has 1 heterocycles. The van der Waals surface area contributed by atoms with Crippen molar-refractivity contribution in [2.24, 2.45) is 4.99 Å². The van der Waals surface area contributed by atoms with Crippen LogP contribution in [0.15, 0.2) is 46.3 Å². The van der Waals surface area contributed by atoms with E-state index in [0.29, 0.717) is 22.8 Å². The first-order chi connectivity index (χ1) is 17.3. The topological polar surface area (TPSA) is 109 Å². The fourth-order valence-electron chi connectivity index (χ4n) is 3.61. The molecule has 3 rings (SSSR count). The molecule has 0 aliphatic rings. The van der Waals surface area contributed by atoms with Crippen LogP contribution in [0.3, 0.4) is 0 Å². The number of aromatic nitrogens is 1. The largest absolute Gasteiger partial charge is 0.497 e. The molecule has 0 N–H and O–H groups in total. The average molecular weight is 538 g/mol. The predicted octanol–water partition coefficient (Wildman–Crippen LogP) is 2.76. The van der Waals surface area contributed by atoms with E-state index in [4.69, 9.17) is 18.9 Å². The molecule has 2 aromatic carbocycles. The molecule has 0 radical (unpaired) electrons. The summed E-state index contributed by atoms with van der Waals surface area (Å²) in [5, 5.41) is 0. The van der Waals surface area contributed by atoms with Crippen LogP contribution >= 0.6 is 11.3 Å². The van der Waals surface area contributed by atoms with Gasteiger partial charge in [-0.25, -0.2) is 8.42 Å². The zero-order valence-electron chi connectivity index (χ0n) is 21.0. The molecular formula is C24H31N3O7S2. The van der Waals surface area contributed by atoms with Gasteiger partial charge >= 0.3 is 0 Å². The summed E-state index contributed by atoms with van der Waals surface area (Å²) >= 11 is 1.35. The van der Waals surface area contributed by atoms with E-state index in [1.165, 1.54) is 54.1 Å². The minimum Gasteiger partial charge on any atom is -0.497 e. The summed E-state index contributed by atoms with van der Waals surface area (Å²) in [4.78, 5) is 17.9. The summed E-state index contributed by atoms with van der Waals surface area (Å²) in [6.07, 6.45) is 0. The van der Waals surface area contributed by atoms with Crippen molar-refractivity contribution in [3.8, 4) is 11.5 Å². The van der Waals surface area contributed by atoms with Crippen molar-refractivity contribution in [3.63, 3.8) is 0 Å². The molecular weight excluding hydrogens is 506 g/mol. The predicted molar refractivity (Wildman–Crippen MR) is 137 cm³/mol. The first kappa shape index (κ1) is 27.8. The van der Waals surface area contributed by atoms with Gasteiger partial charge in [0.1, 0.15) is 17.0 Å². The van der Waals surface area contributed by atoms with Crippen LogP contribution in [0.1, 0.15) is 17.3 Å². The lowest BCUT2D eigenvalue weighted by Gasteiger charge is -2.21. The number of amides is 1. The minimum atomic E-state index is -3.79. The van der Waals surface area contributed by atoms with Crippen molar-refractivity contribution in [3.05, 3.63) is 46.8 Å². The Hall–Kier alpha value is -2.77. The molecule has 0 saturated heterocycles. The Morgan fingerprint density at radius 3 is 2.17 bits per heavy atom.